The van der Waals surface area contributed by atoms with Gasteiger partial charge in [0.25, 0.3) is 0 Å². The minimum Gasteiger partial charge on any atom is -0.377 e. The molecule has 8 nitrogen and oxygen atoms in total. The van der Waals surface area contributed by atoms with Crippen LogP contribution in [0.5, 0.6) is 0 Å². The van der Waals surface area contributed by atoms with Gasteiger partial charge >= 0.3 is 0 Å². The Morgan fingerprint density at radius 3 is 2.13 bits per heavy atom. The van der Waals surface area contributed by atoms with Crippen molar-refractivity contribution < 1.29 is 13.1 Å². The lowest BCUT2D eigenvalue weighted by atomic mass is 10.0. The Kier molecular flexibility index (Phi) is 9.73. The van der Waals surface area contributed by atoms with E-state index in [1.54, 1.807) is 0 Å². The summed E-state index contributed by atoms with van der Waals surface area (Å²) >= 11 is 0. The lowest BCUT2D eigenvalue weighted by molar-refractivity contribution is 0.0221. The van der Waals surface area contributed by atoms with Crippen LogP contribution in [0, 0.1) is 0 Å². The summed E-state index contributed by atoms with van der Waals surface area (Å²) in [5.74, 6) is 0. The highest BCUT2D eigenvalue weighted by molar-refractivity contribution is 8.24. The number of morpholine rings is 1. The van der Waals surface area contributed by atoms with Gasteiger partial charge in [-0.2, -0.15) is 0 Å². The van der Waals surface area contributed by atoms with Crippen molar-refractivity contribution in [2.45, 2.75) is 62.4 Å². The average molecular weight is 460 g/mol. The number of ether oxygens (including phenoxy) is 1. The monoisotopic (exact) mass is 459 g/mol. The lowest BCUT2D eigenvalue weighted by Crippen LogP contribution is -2.55. The molecular formula is C22H45N5O3S. The lowest BCUT2D eigenvalue weighted by Gasteiger charge is -2.58. The molecule has 0 aromatic rings. The molecule has 4 aliphatic rings. The van der Waals surface area contributed by atoms with Gasteiger partial charge in [0.15, 0.2) is 0 Å². The fraction of sp³-hybridized carbons (Fsp3) is 1.00. The molecule has 4 aliphatic heterocycles. The minimum atomic E-state index is -1.90. The first-order valence-corrected chi connectivity index (χ1v) is 14.1. The Hall–Kier alpha value is 0.0300. The predicted molar refractivity (Wildman–Crippen MR) is 127 cm³/mol. The minimum absolute atomic E-state index is 0.162. The van der Waals surface area contributed by atoms with Crippen LogP contribution < -0.4 is 16.0 Å². The number of nitrogens with zero attached hydrogens (tertiary/aromatic N) is 2. The number of hydrogen-bond donors (Lipinski definition) is 3. The van der Waals surface area contributed by atoms with Gasteiger partial charge in [-0.15, -0.1) is 10.8 Å². The molecule has 4 unspecified atom stereocenters. The van der Waals surface area contributed by atoms with Crippen molar-refractivity contribution in [1.29, 1.82) is 0 Å². The average Bonchev–Trinajstić information content (AvgIpc) is 3.33. The molecule has 31 heavy (non-hydrogen) atoms. The van der Waals surface area contributed by atoms with Crippen molar-refractivity contribution in [1.82, 2.24) is 25.2 Å². The number of piperidine rings is 1. The summed E-state index contributed by atoms with van der Waals surface area (Å²) in [7, 11) is 0.310. The van der Waals surface area contributed by atoms with E-state index < -0.39 is 10.8 Å². The van der Waals surface area contributed by atoms with Gasteiger partial charge in [0, 0.05) is 44.8 Å². The summed E-state index contributed by atoms with van der Waals surface area (Å²) in [5.41, 5.74) is 0. The molecule has 3 N–H and O–H groups in total. The molecule has 0 saturated carbocycles. The zero-order chi connectivity index (χ0) is 21.4. The van der Waals surface area contributed by atoms with Gasteiger partial charge in [-0.05, 0) is 58.7 Å². The first kappa shape index (κ1) is 24.2. The number of piperazine rings is 1. The molecule has 182 valence electrons. The van der Waals surface area contributed by atoms with E-state index in [2.05, 4.69) is 32.2 Å². The van der Waals surface area contributed by atoms with Crippen molar-refractivity contribution in [2.75, 3.05) is 79.3 Å². The van der Waals surface area contributed by atoms with Crippen LogP contribution in [-0.4, -0.2) is 106 Å². The van der Waals surface area contributed by atoms with Crippen LogP contribution >= 0.6 is 10.8 Å². The summed E-state index contributed by atoms with van der Waals surface area (Å²) in [4.78, 5) is 2.42. The molecule has 0 aliphatic carbocycles. The van der Waals surface area contributed by atoms with E-state index >= 15 is 0 Å². The fourth-order valence-corrected chi connectivity index (χ4v) is 8.40. The molecule has 4 saturated heterocycles. The molecule has 9 heteroatoms. The molecule has 0 aromatic heterocycles. The maximum Gasteiger partial charge on any atom is 0.140 e. The SMILES string of the molecule is CN1CCOCC1S(OCCC1CCCCN1)(OCCC1CCCN1)N1CCNCC1. The van der Waals surface area contributed by atoms with E-state index in [0.717, 1.165) is 78.5 Å². The Balaban J connectivity index is 1.46. The van der Waals surface area contributed by atoms with E-state index in [1.807, 2.05) is 0 Å². The highest BCUT2D eigenvalue weighted by Gasteiger charge is 2.42. The van der Waals surface area contributed by atoms with Gasteiger partial charge in [0.05, 0.1) is 26.4 Å². The molecule has 4 atom stereocenters. The summed E-state index contributed by atoms with van der Waals surface area (Å²) in [5, 5.41) is 11.0. The van der Waals surface area contributed by atoms with Crippen molar-refractivity contribution in [3.05, 3.63) is 0 Å². The highest BCUT2D eigenvalue weighted by atomic mass is 32.3. The second kappa shape index (κ2) is 12.5. The summed E-state index contributed by atoms with van der Waals surface area (Å²) in [6.07, 6.45) is 8.56. The normalized spacial score (nSPS) is 34.4. The van der Waals surface area contributed by atoms with Crippen LogP contribution in [0.1, 0.15) is 44.9 Å². The first-order valence-electron chi connectivity index (χ1n) is 12.6. The van der Waals surface area contributed by atoms with E-state index in [4.69, 9.17) is 13.1 Å². The largest absolute Gasteiger partial charge is 0.377 e. The third kappa shape index (κ3) is 6.55. The molecule has 0 aromatic carbocycles. The Morgan fingerprint density at radius 1 is 0.871 bits per heavy atom. The zero-order valence-corrected chi connectivity index (χ0v) is 20.3. The molecule has 0 radical (unpaired) electrons. The maximum absolute atomic E-state index is 6.92. The summed E-state index contributed by atoms with van der Waals surface area (Å²) in [6.45, 7) is 10.2. The standard InChI is InChI=1S/C22H45N5O3S/c1-26-15-18-28-19-22(26)31(27-13-11-23-12-14-27,30-17-8-21-6-4-10-25-21)29-16-7-20-5-2-3-9-24-20/h20-25H,2-19H2,1H3. The van der Waals surface area contributed by atoms with Gasteiger partial charge in [0.1, 0.15) is 5.37 Å². The van der Waals surface area contributed by atoms with Gasteiger partial charge < -0.3 is 20.7 Å². The van der Waals surface area contributed by atoms with Gasteiger partial charge in [-0.1, -0.05) is 6.42 Å². The molecule has 0 spiro atoms. The van der Waals surface area contributed by atoms with Crippen LogP contribution in [-0.2, 0) is 13.1 Å². The van der Waals surface area contributed by atoms with E-state index in [9.17, 15) is 0 Å². The van der Waals surface area contributed by atoms with E-state index in [-0.39, 0.29) is 5.37 Å². The fourth-order valence-electron chi connectivity index (χ4n) is 5.18. The molecule has 4 fully saturated rings. The molecule has 0 amide bonds. The number of rotatable bonds is 10. The summed E-state index contributed by atoms with van der Waals surface area (Å²) in [6, 6.07) is 1.17. The van der Waals surface area contributed by atoms with E-state index in [0.29, 0.717) is 18.7 Å². The Bertz CT molecular complexity index is 515. The smallest absolute Gasteiger partial charge is 0.140 e. The second-order valence-corrected chi connectivity index (χ2v) is 11.9. The van der Waals surface area contributed by atoms with Crippen LogP contribution in [0.4, 0.5) is 0 Å². The van der Waals surface area contributed by atoms with Crippen LogP contribution in [0.2, 0.25) is 0 Å². The van der Waals surface area contributed by atoms with Crippen LogP contribution in [0.15, 0.2) is 0 Å². The molecule has 0 bridgehead atoms. The van der Waals surface area contributed by atoms with Crippen molar-refractivity contribution in [3.8, 4) is 0 Å². The third-order valence-electron chi connectivity index (χ3n) is 7.13. The summed E-state index contributed by atoms with van der Waals surface area (Å²) < 4.78 is 22.3. The second-order valence-electron chi connectivity index (χ2n) is 9.37. The quantitative estimate of drug-likeness (QED) is 0.453. The molecule has 4 rings (SSSR count). The molecular weight excluding hydrogens is 414 g/mol. The van der Waals surface area contributed by atoms with Crippen LogP contribution in [0.3, 0.4) is 0 Å². The predicted octanol–water partition coefficient (Wildman–Crippen LogP) is 1.44. The maximum atomic E-state index is 6.92. The molecule has 4 heterocycles. The third-order valence-corrected chi connectivity index (χ3v) is 10.4. The van der Waals surface area contributed by atoms with Crippen molar-refractivity contribution in [3.63, 3.8) is 0 Å². The van der Waals surface area contributed by atoms with Gasteiger partial charge in [-0.25, -0.2) is 4.31 Å². The van der Waals surface area contributed by atoms with E-state index in [1.165, 1.54) is 32.1 Å². The van der Waals surface area contributed by atoms with Crippen molar-refractivity contribution in [2.24, 2.45) is 0 Å². The topological polar surface area (TPSA) is 70.3 Å². The Morgan fingerprint density at radius 2 is 1.55 bits per heavy atom. The van der Waals surface area contributed by atoms with Gasteiger partial charge in [-0.3, -0.25) is 13.3 Å². The van der Waals surface area contributed by atoms with Crippen molar-refractivity contribution >= 4 is 10.8 Å². The first-order chi connectivity index (χ1) is 15.3. The zero-order valence-electron chi connectivity index (χ0n) is 19.5. The number of nitrogens with one attached hydrogen (secondary N) is 3. The Labute approximate surface area is 191 Å². The highest BCUT2D eigenvalue weighted by Crippen LogP contribution is 2.59. The number of hydrogen-bond acceptors (Lipinski definition) is 8. The number of likely N-dealkylation sites (N-methyl/N-ethyl adjacent to an activating group) is 1. The van der Waals surface area contributed by atoms with Gasteiger partial charge in [0.2, 0.25) is 0 Å². The van der Waals surface area contributed by atoms with Crippen LogP contribution in [0.25, 0.3) is 0 Å².